The SMILES string of the molecule is O=C(Cc1ccccc1F)N1CCC2(CC1)CC(=O)N(Cc1ccccc1)C2. The van der Waals surface area contributed by atoms with Gasteiger partial charge in [-0.15, -0.1) is 0 Å². The second kappa shape index (κ2) is 7.74. The lowest BCUT2D eigenvalue weighted by molar-refractivity contribution is -0.132. The first kappa shape index (κ1) is 18.7. The van der Waals surface area contributed by atoms with Gasteiger partial charge in [-0.25, -0.2) is 4.39 Å². The standard InChI is InChI=1S/C23H25FN2O2/c24-20-9-5-4-8-19(20)14-21(27)25-12-10-23(11-13-25)15-22(28)26(17-23)16-18-6-2-1-3-7-18/h1-9H,10-17H2. The number of carbonyl (C=O) groups excluding carboxylic acids is 2. The number of benzene rings is 2. The molecule has 2 heterocycles. The molecule has 2 aliphatic heterocycles. The van der Waals surface area contributed by atoms with Gasteiger partial charge in [-0.3, -0.25) is 9.59 Å². The van der Waals surface area contributed by atoms with Gasteiger partial charge in [-0.1, -0.05) is 48.5 Å². The van der Waals surface area contributed by atoms with Gasteiger partial charge in [0, 0.05) is 38.0 Å². The van der Waals surface area contributed by atoms with Crippen LogP contribution in [0.5, 0.6) is 0 Å². The third-order valence-corrected chi connectivity index (χ3v) is 6.10. The first-order valence-electron chi connectivity index (χ1n) is 9.88. The molecule has 0 saturated carbocycles. The molecule has 2 aromatic rings. The monoisotopic (exact) mass is 380 g/mol. The Morgan fingerprint density at radius 1 is 1.00 bits per heavy atom. The number of hydrogen-bond donors (Lipinski definition) is 0. The van der Waals surface area contributed by atoms with Crippen molar-refractivity contribution in [3.8, 4) is 0 Å². The summed E-state index contributed by atoms with van der Waals surface area (Å²) in [5, 5.41) is 0. The first-order chi connectivity index (χ1) is 13.5. The molecule has 0 bridgehead atoms. The predicted octanol–water partition coefficient (Wildman–Crippen LogP) is 3.41. The van der Waals surface area contributed by atoms with Crippen LogP contribution in [0.25, 0.3) is 0 Å². The van der Waals surface area contributed by atoms with Crippen molar-refractivity contribution >= 4 is 11.8 Å². The highest BCUT2D eigenvalue weighted by Gasteiger charge is 2.45. The molecule has 0 aromatic heterocycles. The summed E-state index contributed by atoms with van der Waals surface area (Å²) in [6.07, 6.45) is 2.31. The van der Waals surface area contributed by atoms with Crippen molar-refractivity contribution in [2.75, 3.05) is 19.6 Å². The molecule has 2 aliphatic rings. The molecule has 4 rings (SSSR count). The van der Waals surface area contributed by atoms with Gasteiger partial charge in [-0.2, -0.15) is 0 Å². The topological polar surface area (TPSA) is 40.6 Å². The highest BCUT2D eigenvalue weighted by Crippen LogP contribution is 2.41. The molecule has 5 heteroatoms. The molecule has 28 heavy (non-hydrogen) atoms. The van der Waals surface area contributed by atoms with Crippen molar-refractivity contribution in [1.82, 2.24) is 9.80 Å². The average Bonchev–Trinajstić information content (AvgIpc) is 2.99. The summed E-state index contributed by atoms with van der Waals surface area (Å²) in [5.41, 5.74) is 1.56. The first-order valence-corrected chi connectivity index (χ1v) is 9.88. The summed E-state index contributed by atoms with van der Waals surface area (Å²) in [4.78, 5) is 28.9. The molecule has 4 nitrogen and oxygen atoms in total. The molecule has 1 spiro atoms. The maximum atomic E-state index is 13.8. The molecule has 0 atom stereocenters. The minimum Gasteiger partial charge on any atom is -0.342 e. The maximum absolute atomic E-state index is 13.8. The van der Waals surface area contributed by atoms with Gasteiger partial charge in [0.2, 0.25) is 11.8 Å². The van der Waals surface area contributed by atoms with Crippen LogP contribution in [0.2, 0.25) is 0 Å². The van der Waals surface area contributed by atoms with Crippen LogP contribution in [0.1, 0.15) is 30.4 Å². The maximum Gasteiger partial charge on any atom is 0.227 e. The van der Waals surface area contributed by atoms with E-state index in [4.69, 9.17) is 0 Å². The molecule has 0 N–H and O–H groups in total. The normalized spacial score (nSPS) is 18.7. The summed E-state index contributed by atoms with van der Waals surface area (Å²) in [6.45, 7) is 2.69. The number of carbonyl (C=O) groups is 2. The highest BCUT2D eigenvalue weighted by atomic mass is 19.1. The number of nitrogens with zero attached hydrogens (tertiary/aromatic N) is 2. The van der Waals surface area contributed by atoms with E-state index in [1.54, 1.807) is 18.2 Å². The molecular weight excluding hydrogens is 355 g/mol. The lowest BCUT2D eigenvalue weighted by Crippen LogP contribution is -2.44. The Morgan fingerprint density at radius 3 is 2.39 bits per heavy atom. The van der Waals surface area contributed by atoms with Gasteiger partial charge in [0.25, 0.3) is 0 Å². The number of hydrogen-bond acceptors (Lipinski definition) is 2. The summed E-state index contributed by atoms with van der Waals surface area (Å²) < 4.78 is 13.8. The van der Waals surface area contributed by atoms with Crippen molar-refractivity contribution in [2.45, 2.75) is 32.2 Å². The smallest absolute Gasteiger partial charge is 0.227 e. The second-order valence-corrected chi connectivity index (χ2v) is 8.06. The van der Waals surface area contributed by atoms with Crippen molar-refractivity contribution in [3.63, 3.8) is 0 Å². The van der Waals surface area contributed by atoms with Gasteiger partial charge in [0.15, 0.2) is 0 Å². The van der Waals surface area contributed by atoms with E-state index in [1.807, 2.05) is 40.1 Å². The van der Waals surface area contributed by atoms with E-state index in [2.05, 4.69) is 0 Å². The molecule has 2 amide bonds. The van der Waals surface area contributed by atoms with Crippen LogP contribution in [0.3, 0.4) is 0 Å². The molecule has 2 aromatic carbocycles. The number of likely N-dealkylation sites (tertiary alicyclic amines) is 2. The van der Waals surface area contributed by atoms with E-state index in [1.165, 1.54) is 6.07 Å². The van der Waals surface area contributed by atoms with Crippen molar-refractivity contribution in [1.29, 1.82) is 0 Å². The van der Waals surface area contributed by atoms with Gasteiger partial charge in [-0.05, 0) is 30.0 Å². The summed E-state index contributed by atoms with van der Waals surface area (Å²) in [5.74, 6) is -0.164. The zero-order valence-electron chi connectivity index (χ0n) is 15.9. The second-order valence-electron chi connectivity index (χ2n) is 8.06. The molecule has 0 radical (unpaired) electrons. The fraction of sp³-hybridized carbons (Fsp3) is 0.391. The van der Waals surface area contributed by atoms with Crippen LogP contribution in [0, 0.1) is 11.2 Å². The van der Waals surface area contributed by atoms with E-state index in [0.717, 1.165) is 24.9 Å². The molecule has 2 fully saturated rings. The third kappa shape index (κ3) is 3.93. The quantitative estimate of drug-likeness (QED) is 0.816. The van der Waals surface area contributed by atoms with E-state index >= 15 is 0 Å². The van der Waals surface area contributed by atoms with Gasteiger partial charge in [0.1, 0.15) is 5.82 Å². The van der Waals surface area contributed by atoms with Crippen molar-refractivity contribution in [2.24, 2.45) is 5.41 Å². The van der Waals surface area contributed by atoms with Gasteiger partial charge < -0.3 is 9.80 Å². The van der Waals surface area contributed by atoms with Crippen LogP contribution in [0.15, 0.2) is 54.6 Å². The van der Waals surface area contributed by atoms with Gasteiger partial charge in [0.05, 0.1) is 6.42 Å². The Hall–Kier alpha value is -2.69. The average molecular weight is 380 g/mol. The fourth-order valence-corrected chi connectivity index (χ4v) is 4.41. The predicted molar refractivity (Wildman–Crippen MR) is 105 cm³/mol. The zero-order valence-corrected chi connectivity index (χ0v) is 15.9. The molecular formula is C23H25FN2O2. The van der Waals surface area contributed by atoms with Crippen LogP contribution in [-0.2, 0) is 22.6 Å². The van der Waals surface area contributed by atoms with Crippen LogP contribution < -0.4 is 0 Å². The Kier molecular flexibility index (Phi) is 5.16. The van der Waals surface area contributed by atoms with Crippen LogP contribution >= 0.6 is 0 Å². The number of rotatable bonds is 4. The summed E-state index contributed by atoms with van der Waals surface area (Å²) in [6, 6.07) is 16.5. The minimum absolute atomic E-state index is 0.0271. The Labute approximate surface area is 164 Å². The Bertz CT molecular complexity index is 860. The largest absolute Gasteiger partial charge is 0.342 e. The molecule has 0 unspecified atom stereocenters. The van der Waals surface area contributed by atoms with E-state index in [9.17, 15) is 14.0 Å². The number of halogens is 1. The minimum atomic E-state index is -0.331. The van der Waals surface area contributed by atoms with Crippen LogP contribution in [0.4, 0.5) is 4.39 Å². The van der Waals surface area contributed by atoms with Gasteiger partial charge >= 0.3 is 0 Å². The van der Waals surface area contributed by atoms with Crippen molar-refractivity contribution in [3.05, 3.63) is 71.5 Å². The molecule has 146 valence electrons. The third-order valence-electron chi connectivity index (χ3n) is 6.10. The fourth-order valence-electron chi connectivity index (χ4n) is 4.41. The highest BCUT2D eigenvalue weighted by molar-refractivity contribution is 5.80. The Balaban J connectivity index is 1.34. The van der Waals surface area contributed by atoms with Crippen molar-refractivity contribution < 1.29 is 14.0 Å². The van der Waals surface area contributed by atoms with E-state index in [0.29, 0.717) is 31.6 Å². The zero-order chi connectivity index (χ0) is 19.6. The van der Waals surface area contributed by atoms with E-state index < -0.39 is 0 Å². The lowest BCUT2D eigenvalue weighted by atomic mass is 9.77. The van der Waals surface area contributed by atoms with E-state index in [-0.39, 0.29) is 29.5 Å². The Morgan fingerprint density at radius 2 is 1.68 bits per heavy atom. The molecule has 2 saturated heterocycles. The lowest BCUT2D eigenvalue weighted by Gasteiger charge is -2.39. The van der Waals surface area contributed by atoms with Crippen LogP contribution in [-0.4, -0.2) is 41.2 Å². The number of piperidine rings is 1. The number of amides is 2. The summed E-state index contributed by atoms with van der Waals surface area (Å²) in [7, 11) is 0. The summed E-state index contributed by atoms with van der Waals surface area (Å²) >= 11 is 0. The molecule has 0 aliphatic carbocycles.